The highest BCUT2D eigenvalue weighted by molar-refractivity contribution is 6.32. The van der Waals surface area contributed by atoms with Crippen molar-refractivity contribution in [2.75, 3.05) is 24.3 Å². The molecule has 0 fully saturated rings. The Bertz CT molecular complexity index is 1200. The number of rotatable bonds is 7. The molecule has 186 valence electrons. The third-order valence-corrected chi connectivity index (χ3v) is 5.69. The fourth-order valence-corrected chi connectivity index (χ4v) is 3.62. The summed E-state index contributed by atoms with van der Waals surface area (Å²) >= 11 is 6.42. The summed E-state index contributed by atoms with van der Waals surface area (Å²) in [5, 5.41) is 10.9. The second kappa shape index (κ2) is 10.8. The Morgan fingerprint density at radius 2 is 1.74 bits per heavy atom. The van der Waals surface area contributed by atoms with Gasteiger partial charge in [-0.2, -0.15) is 5.10 Å². The Morgan fingerprint density at radius 3 is 2.37 bits per heavy atom. The van der Waals surface area contributed by atoms with Crippen molar-refractivity contribution >= 4 is 35.0 Å². The van der Waals surface area contributed by atoms with E-state index in [1.165, 1.54) is 12.0 Å². The van der Waals surface area contributed by atoms with Gasteiger partial charge in [0.15, 0.2) is 0 Å². The largest absolute Gasteiger partial charge is 0.495 e. The van der Waals surface area contributed by atoms with E-state index in [1.54, 1.807) is 28.9 Å². The lowest BCUT2D eigenvalue weighted by Gasteiger charge is -2.26. The number of aromatic nitrogens is 2. The fourth-order valence-electron chi connectivity index (χ4n) is 3.40. The van der Waals surface area contributed by atoms with E-state index in [1.807, 2.05) is 65.0 Å². The number of benzene rings is 2. The van der Waals surface area contributed by atoms with Crippen LogP contribution in [0.25, 0.3) is 5.69 Å². The number of anilines is 2. The van der Waals surface area contributed by atoms with Gasteiger partial charge in [0.2, 0.25) is 5.91 Å². The van der Waals surface area contributed by atoms with Gasteiger partial charge in [-0.3, -0.25) is 4.79 Å². The predicted octanol–water partition coefficient (Wildman–Crippen LogP) is 5.71. The van der Waals surface area contributed by atoms with Crippen LogP contribution >= 0.6 is 11.6 Å². The topological polar surface area (TPSA) is 88.5 Å². The van der Waals surface area contributed by atoms with Crippen LogP contribution < -0.4 is 15.4 Å². The first kappa shape index (κ1) is 26.1. The molecular formula is C26H32ClN5O3. The van der Waals surface area contributed by atoms with E-state index >= 15 is 0 Å². The number of hydrogen-bond donors (Lipinski definition) is 2. The van der Waals surface area contributed by atoms with E-state index in [-0.39, 0.29) is 23.9 Å². The summed E-state index contributed by atoms with van der Waals surface area (Å²) < 4.78 is 6.93. The Hall–Kier alpha value is -3.52. The molecule has 0 spiro atoms. The van der Waals surface area contributed by atoms with E-state index in [2.05, 4.69) is 10.6 Å². The highest BCUT2D eigenvalue weighted by atomic mass is 35.5. The third-order valence-electron chi connectivity index (χ3n) is 5.37. The average molecular weight is 498 g/mol. The summed E-state index contributed by atoms with van der Waals surface area (Å²) in [5.41, 5.74) is 1.72. The number of methoxy groups -OCH3 is 1. The zero-order chi connectivity index (χ0) is 25.8. The van der Waals surface area contributed by atoms with E-state index < -0.39 is 6.03 Å². The Morgan fingerprint density at radius 1 is 1.09 bits per heavy atom. The first-order valence-corrected chi connectivity index (χ1v) is 11.7. The van der Waals surface area contributed by atoms with Crippen LogP contribution in [0.15, 0.2) is 54.6 Å². The number of para-hydroxylation sites is 3. The second-order valence-electron chi connectivity index (χ2n) is 9.43. The minimum atomic E-state index is -0.408. The molecule has 0 aliphatic heterocycles. The van der Waals surface area contributed by atoms with Crippen molar-refractivity contribution in [3.05, 3.63) is 65.3 Å². The second-order valence-corrected chi connectivity index (χ2v) is 9.84. The minimum absolute atomic E-state index is 0.156. The van der Waals surface area contributed by atoms with Gasteiger partial charge in [0, 0.05) is 17.5 Å². The number of nitrogens with one attached hydrogen (secondary N) is 2. The van der Waals surface area contributed by atoms with Gasteiger partial charge in [0.05, 0.1) is 29.2 Å². The number of halogens is 1. The third kappa shape index (κ3) is 6.33. The maximum Gasteiger partial charge on any atom is 0.322 e. The molecule has 0 saturated carbocycles. The van der Waals surface area contributed by atoms with E-state index in [0.717, 1.165) is 5.69 Å². The van der Waals surface area contributed by atoms with Crippen LogP contribution in [-0.4, -0.2) is 46.3 Å². The number of ether oxygens (including phenoxy) is 1. The number of carbonyl (C=O) groups is 2. The Labute approximate surface area is 211 Å². The average Bonchev–Trinajstić information content (AvgIpc) is 3.21. The van der Waals surface area contributed by atoms with Gasteiger partial charge in [-0.1, -0.05) is 56.6 Å². The predicted molar refractivity (Wildman–Crippen MR) is 140 cm³/mol. The van der Waals surface area contributed by atoms with Crippen molar-refractivity contribution in [1.82, 2.24) is 14.7 Å². The molecule has 0 unspecified atom stereocenters. The first-order chi connectivity index (χ1) is 16.5. The highest BCUT2D eigenvalue weighted by Crippen LogP contribution is 2.29. The molecule has 0 radical (unpaired) electrons. The summed E-state index contributed by atoms with van der Waals surface area (Å²) in [6, 6.07) is 15.6. The van der Waals surface area contributed by atoms with Crippen molar-refractivity contribution in [3.8, 4) is 11.4 Å². The first-order valence-electron chi connectivity index (χ1n) is 11.4. The van der Waals surface area contributed by atoms with Crippen LogP contribution in [-0.2, 0) is 10.2 Å². The van der Waals surface area contributed by atoms with Crippen molar-refractivity contribution in [2.24, 2.45) is 0 Å². The molecule has 3 aromatic rings. The highest BCUT2D eigenvalue weighted by Gasteiger charge is 2.25. The minimum Gasteiger partial charge on any atom is -0.495 e. The number of nitrogens with zero attached hydrogens (tertiary/aromatic N) is 3. The van der Waals surface area contributed by atoms with Gasteiger partial charge in [0.1, 0.15) is 18.1 Å². The standard InChI is InChI=1S/C26H32ClN5O3/c1-17(2)31(25(34)28-19-12-8-10-14-21(19)35-6)16-24(33)29-23-15-22(26(3,4)5)30-32(23)20-13-9-7-11-18(20)27/h7-15,17H,16H2,1-6H3,(H,28,34)(H,29,33). The van der Waals surface area contributed by atoms with Gasteiger partial charge in [-0.25, -0.2) is 9.48 Å². The van der Waals surface area contributed by atoms with Crippen LogP contribution in [0.1, 0.15) is 40.3 Å². The van der Waals surface area contributed by atoms with Gasteiger partial charge in [0.25, 0.3) is 0 Å². The van der Waals surface area contributed by atoms with Crippen LogP contribution in [0, 0.1) is 0 Å². The number of hydrogen-bond acceptors (Lipinski definition) is 4. The molecule has 0 aliphatic carbocycles. The lowest BCUT2D eigenvalue weighted by molar-refractivity contribution is -0.117. The maximum absolute atomic E-state index is 13.1. The molecule has 3 rings (SSSR count). The normalized spacial score (nSPS) is 11.3. The smallest absolute Gasteiger partial charge is 0.322 e. The van der Waals surface area contributed by atoms with Crippen molar-refractivity contribution in [3.63, 3.8) is 0 Å². The molecule has 1 heterocycles. The zero-order valence-electron chi connectivity index (χ0n) is 20.9. The molecule has 0 aliphatic rings. The fraction of sp³-hybridized carbons (Fsp3) is 0.346. The van der Waals surface area contributed by atoms with E-state index in [4.69, 9.17) is 21.4 Å². The summed E-state index contributed by atoms with van der Waals surface area (Å²) in [7, 11) is 1.53. The quantitative estimate of drug-likeness (QED) is 0.437. The molecule has 2 N–H and O–H groups in total. The van der Waals surface area contributed by atoms with Crippen LogP contribution in [0.2, 0.25) is 5.02 Å². The maximum atomic E-state index is 13.1. The number of amides is 3. The lowest BCUT2D eigenvalue weighted by atomic mass is 9.92. The Kier molecular flexibility index (Phi) is 8.07. The van der Waals surface area contributed by atoms with Crippen molar-refractivity contribution < 1.29 is 14.3 Å². The molecule has 0 saturated heterocycles. The molecule has 35 heavy (non-hydrogen) atoms. The van der Waals surface area contributed by atoms with E-state index in [9.17, 15) is 9.59 Å². The Balaban J connectivity index is 1.83. The van der Waals surface area contributed by atoms with Gasteiger partial charge >= 0.3 is 6.03 Å². The van der Waals surface area contributed by atoms with Gasteiger partial charge in [-0.05, 0) is 38.1 Å². The van der Waals surface area contributed by atoms with Crippen LogP contribution in [0.4, 0.5) is 16.3 Å². The molecular weight excluding hydrogens is 466 g/mol. The summed E-state index contributed by atoms with van der Waals surface area (Å²) in [6.45, 7) is 9.67. The SMILES string of the molecule is COc1ccccc1NC(=O)N(CC(=O)Nc1cc(C(C)(C)C)nn1-c1ccccc1Cl)C(C)C. The van der Waals surface area contributed by atoms with Gasteiger partial charge in [-0.15, -0.1) is 0 Å². The number of urea groups is 1. The van der Waals surface area contributed by atoms with Crippen molar-refractivity contribution in [2.45, 2.75) is 46.1 Å². The summed E-state index contributed by atoms with van der Waals surface area (Å²) in [5.74, 6) is 0.650. The molecule has 9 heteroatoms. The summed E-state index contributed by atoms with van der Waals surface area (Å²) in [6.07, 6.45) is 0. The van der Waals surface area contributed by atoms with Crippen LogP contribution in [0.5, 0.6) is 5.75 Å². The zero-order valence-corrected chi connectivity index (χ0v) is 21.7. The van der Waals surface area contributed by atoms with Gasteiger partial charge < -0.3 is 20.3 Å². The number of carbonyl (C=O) groups excluding carboxylic acids is 2. The molecule has 0 bridgehead atoms. The monoisotopic (exact) mass is 497 g/mol. The molecule has 1 aromatic heterocycles. The summed E-state index contributed by atoms with van der Waals surface area (Å²) in [4.78, 5) is 27.6. The van der Waals surface area contributed by atoms with Crippen molar-refractivity contribution in [1.29, 1.82) is 0 Å². The lowest BCUT2D eigenvalue weighted by Crippen LogP contribution is -2.44. The molecule has 2 aromatic carbocycles. The molecule has 3 amide bonds. The molecule has 0 atom stereocenters. The molecule has 8 nitrogen and oxygen atoms in total. The van der Waals surface area contributed by atoms with Crippen LogP contribution in [0.3, 0.4) is 0 Å². The van der Waals surface area contributed by atoms with E-state index in [0.29, 0.717) is 28.0 Å².